The minimum Gasteiger partial charge on any atom is -0.375 e. The second-order valence-electron chi connectivity index (χ2n) is 6.31. The van der Waals surface area contributed by atoms with Crippen molar-refractivity contribution in [3.63, 3.8) is 0 Å². The number of nitrogens with one attached hydrogen (secondary N) is 1. The molecule has 0 bridgehead atoms. The molecule has 2 atom stereocenters. The fourth-order valence-electron chi connectivity index (χ4n) is 3.50. The summed E-state index contributed by atoms with van der Waals surface area (Å²) >= 11 is 0. The van der Waals surface area contributed by atoms with Crippen molar-refractivity contribution in [1.82, 2.24) is 15.1 Å². The molecule has 0 amide bonds. The van der Waals surface area contributed by atoms with E-state index < -0.39 is 0 Å². The van der Waals surface area contributed by atoms with E-state index in [0.29, 0.717) is 12.6 Å². The summed E-state index contributed by atoms with van der Waals surface area (Å²) in [6.07, 6.45) is 1.02. The summed E-state index contributed by atoms with van der Waals surface area (Å²) < 4.78 is 18.7. The molecule has 1 aromatic carbocycles. The van der Waals surface area contributed by atoms with Gasteiger partial charge in [0.05, 0.1) is 6.10 Å². The maximum absolute atomic E-state index is 13.1. The fourth-order valence-corrected chi connectivity index (χ4v) is 3.50. The molecule has 1 fully saturated rings. The van der Waals surface area contributed by atoms with Crippen LogP contribution in [0.25, 0.3) is 0 Å². The summed E-state index contributed by atoms with van der Waals surface area (Å²) in [5, 5.41) is 3.41. The molecule has 0 radical (unpaired) electrons. The van der Waals surface area contributed by atoms with Crippen LogP contribution in [0.4, 0.5) is 4.39 Å². The van der Waals surface area contributed by atoms with Crippen LogP contribution in [0.15, 0.2) is 29.3 Å². The largest absolute Gasteiger partial charge is 0.375 e. The van der Waals surface area contributed by atoms with Gasteiger partial charge in [-0.2, -0.15) is 0 Å². The maximum Gasteiger partial charge on any atom is 0.193 e. The van der Waals surface area contributed by atoms with E-state index in [2.05, 4.69) is 34.0 Å². The van der Waals surface area contributed by atoms with Crippen LogP contribution in [0.1, 0.15) is 31.9 Å². The lowest BCUT2D eigenvalue weighted by Crippen LogP contribution is -2.44. The number of hydrogen-bond acceptors (Lipinski definition) is 3. The van der Waals surface area contributed by atoms with Gasteiger partial charge in [0.1, 0.15) is 5.82 Å². The third-order valence-corrected chi connectivity index (χ3v) is 4.98. The van der Waals surface area contributed by atoms with Crippen molar-refractivity contribution in [3.8, 4) is 0 Å². The van der Waals surface area contributed by atoms with Gasteiger partial charge < -0.3 is 15.0 Å². The fraction of sp³-hybridized carbons (Fsp3) is 0.632. The van der Waals surface area contributed by atoms with E-state index in [4.69, 9.17) is 4.74 Å². The molecule has 0 aromatic heterocycles. The van der Waals surface area contributed by atoms with E-state index in [-0.39, 0.29) is 11.9 Å². The van der Waals surface area contributed by atoms with E-state index >= 15 is 0 Å². The third-order valence-electron chi connectivity index (χ3n) is 4.98. The van der Waals surface area contributed by atoms with E-state index in [9.17, 15) is 4.39 Å². The first-order valence-electron chi connectivity index (χ1n) is 9.10. The minimum atomic E-state index is -0.234. The lowest BCUT2D eigenvalue weighted by Gasteiger charge is -2.27. The Morgan fingerprint density at radius 3 is 2.60 bits per heavy atom. The quantitative estimate of drug-likeness (QED) is 0.606. The van der Waals surface area contributed by atoms with Crippen molar-refractivity contribution in [1.29, 1.82) is 0 Å². The Morgan fingerprint density at radius 1 is 1.36 bits per heavy atom. The number of hydrogen-bond donors (Lipinski definition) is 1. The third kappa shape index (κ3) is 5.16. The Morgan fingerprint density at radius 2 is 2.04 bits per heavy atom. The number of likely N-dealkylation sites (tertiary alicyclic amines) is 1. The Balaban J connectivity index is 1.92. The highest BCUT2D eigenvalue weighted by molar-refractivity contribution is 5.80. The van der Waals surface area contributed by atoms with Gasteiger partial charge in [-0.3, -0.25) is 9.89 Å². The van der Waals surface area contributed by atoms with Crippen LogP contribution in [0.2, 0.25) is 0 Å². The molecule has 2 rings (SSSR count). The number of rotatable bonds is 7. The summed E-state index contributed by atoms with van der Waals surface area (Å²) in [4.78, 5) is 9.24. The van der Waals surface area contributed by atoms with Gasteiger partial charge >= 0.3 is 0 Å². The number of methoxy groups -OCH3 is 1. The smallest absolute Gasteiger partial charge is 0.193 e. The van der Waals surface area contributed by atoms with Crippen LogP contribution >= 0.6 is 0 Å². The molecule has 25 heavy (non-hydrogen) atoms. The normalized spacial score (nSPS) is 19.5. The van der Waals surface area contributed by atoms with Crippen molar-refractivity contribution < 1.29 is 9.13 Å². The summed E-state index contributed by atoms with van der Waals surface area (Å²) in [6, 6.07) is 7.04. The molecule has 0 spiro atoms. The molecule has 1 aromatic rings. The summed E-state index contributed by atoms with van der Waals surface area (Å²) in [7, 11) is 3.48. The lowest BCUT2D eigenvalue weighted by atomic mass is 10.1. The standard InChI is InChI=1S/C19H31FN4O/c1-5-23(6-2)17-11-12-24(14-17)19(21-3)22-13-18(25-4)15-7-9-16(20)10-8-15/h7-10,17-18H,5-6,11-14H2,1-4H3,(H,21,22). The first kappa shape index (κ1) is 19.7. The van der Waals surface area contributed by atoms with Crippen LogP contribution < -0.4 is 5.32 Å². The summed E-state index contributed by atoms with van der Waals surface area (Å²) in [5.41, 5.74) is 0.953. The molecule has 1 saturated heterocycles. The maximum atomic E-state index is 13.1. The number of guanidine groups is 1. The van der Waals surface area contributed by atoms with Crippen molar-refractivity contribution in [2.75, 3.05) is 46.9 Å². The molecule has 1 N–H and O–H groups in total. The number of halogens is 1. The number of likely N-dealkylation sites (N-methyl/N-ethyl adjacent to an activating group) is 1. The molecule has 6 heteroatoms. The zero-order valence-electron chi connectivity index (χ0n) is 15.8. The summed E-state index contributed by atoms with van der Waals surface area (Å²) in [5.74, 6) is 0.667. The lowest BCUT2D eigenvalue weighted by molar-refractivity contribution is 0.106. The van der Waals surface area contributed by atoms with E-state index in [0.717, 1.165) is 44.1 Å². The van der Waals surface area contributed by atoms with Gasteiger partial charge in [-0.05, 0) is 37.2 Å². The van der Waals surface area contributed by atoms with Crippen LogP contribution in [-0.2, 0) is 4.74 Å². The Bertz CT molecular complexity index is 545. The van der Waals surface area contributed by atoms with Gasteiger partial charge in [-0.15, -0.1) is 0 Å². The second-order valence-corrected chi connectivity index (χ2v) is 6.31. The molecule has 1 heterocycles. The number of aliphatic imine (C=N–C) groups is 1. The molecule has 140 valence electrons. The first-order chi connectivity index (χ1) is 12.1. The average molecular weight is 350 g/mol. The highest BCUT2D eigenvalue weighted by atomic mass is 19.1. The number of nitrogens with zero attached hydrogens (tertiary/aromatic N) is 3. The van der Waals surface area contributed by atoms with Crippen LogP contribution in [0, 0.1) is 5.82 Å². The predicted molar refractivity (Wildman–Crippen MR) is 100 cm³/mol. The van der Waals surface area contributed by atoms with Gasteiger partial charge in [0, 0.05) is 39.8 Å². The monoisotopic (exact) mass is 350 g/mol. The zero-order chi connectivity index (χ0) is 18.2. The number of ether oxygens (including phenoxy) is 1. The van der Waals surface area contributed by atoms with Crippen LogP contribution in [0.5, 0.6) is 0 Å². The van der Waals surface area contributed by atoms with Crippen molar-refractivity contribution in [3.05, 3.63) is 35.6 Å². The van der Waals surface area contributed by atoms with E-state index in [1.165, 1.54) is 12.1 Å². The topological polar surface area (TPSA) is 40.1 Å². The molecule has 5 nitrogen and oxygen atoms in total. The number of benzene rings is 1. The molecule has 0 saturated carbocycles. The van der Waals surface area contributed by atoms with E-state index in [1.807, 2.05) is 7.05 Å². The molecule has 1 aliphatic rings. The van der Waals surface area contributed by atoms with Gasteiger partial charge in [0.2, 0.25) is 0 Å². The molecular formula is C19H31FN4O. The average Bonchev–Trinajstić information content (AvgIpc) is 3.11. The van der Waals surface area contributed by atoms with Crippen LogP contribution in [0.3, 0.4) is 0 Å². The predicted octanol–water partition coefficient (Wildman–Crippen LogP) is 2.50. The first-order valence-corrected chi connectivity index (χ1v) is 9.10. The Labute approximate surface area is 150 Å². The highest BCUT2D eigenvalue weighted by Gasteiger charge is 2.28. The van der Waals surface area contributed by atoms with E-state index in [1.54, 1.807) is 19.2 Å². The molecular weight excluding hydrogens is 319 g/mol. The van der Waals surface area contributed by atoms with Crippen LogP contribution in [-0.4, -0.2) is 68.7 Å². The van der Waals surface area contributed by atoms with Gasteiger partial charge in [-0.25, -0.2) is 4.39 Å². The van der Waals surface area contributed by atoms with Crippen molar-refractivity contribution >= 4 is 5.96 Å². The zero-order valence-corrected chi connectivity index (χ0v) is 15.8. The minimum absolute atomic E-state index is 0.140. The second kappa shape index (κ2) is 9.73. The summed E-state index contributed by atoms with van der Waals surface area (Å²) in [6.45, 7) is 9.19. The highest BCUT2D eigenvalue weighted by Crippen LogP contribution is 2.18. The SMILES string of the molecule is CCN(CC)C1CCN(C(=NC)NCC(OC)c2ccc(F)cc2)C1. The van der Waals surface area contributed by atoms with Crippen molar-refractivity contribution in [2.45, 2.75) is 32.4 Å². The molecule has 0 aliphatic carbocycles. The molecule has 1 aliphatic heterocycles. The van der Waals surface area contributed by atoms with Gasteiger partial charge in [0.25, 0.3) is 0 Å². The molecule has 2 unspecified atom stereocenters. The van der Waals surface area contributed by atoms with Gasteiger partial charge in [-0.1, -0.05) is 26.0 Å². The Kier molecular flexibility index (Phi) is 7.65. The van der Waals surface area contributed by atoms with Gasteiger partial charge in [0.15, 0.2) is 5.96 Å². The van der Waals surface area contributed by atoms with Crippen molar-refractivity contribution in [2.24, 2.45) is 4.99 Å². The Hall–Kier alpha value is -1.66.